The lowest BCUT2D eigenvalue weighted by Crippen LogP contribution is -2.08. The van der Waals surface area contributed by atoms with Crippen molar-refractivity contribution in [3.05, 3.63) is 187 Å². The molecule has 0 atom stereocenters. The predicted octanol–water partition coefficient (Wildman–Crippen LogP) is 13.0. The first-order chi connectivity index (χ1) is 28.3. The first kappa shape index (κ1) is 34.5. The van der Waals surface area contributed by atoms with E-state index in [0.29, 0.717) is 27.9 Å². The first-order valence-electron chi connectivity index (χ1n) is 18.5. The lowest BCUT2D eigenvalue weighted by atomic mass is 9.99. The maximum absolute atomic E-state index is 14.7. The van der Waals surface area contributed by atoms with E-state index >= 15 is 0 Å². The molecule has 10 rings (SSSR count). The molecular weight excluding hydrogens is 728 g/mol. The molecule has 10 aromatic rings. The molecule has 0 spiro atoms. The van der Waals surface area contributed by atoms with Gasteiger partial charge in [-0.1, -0.05) is 78.9 Å². The van der Waals surface area contributed by atoms with Gasteiger partial charge in [-0.15, -0.1) is 0 Å². The smallest absolute Gasteiger partial charge is 0.309 e. The van der Waals surface area contributed by atoms with Gasteiger partial charge in [-0.3, -0.25) is 4.98 Å². The Morgan fingerprint density at radius 1 is 0.448 bits per heavy atom. The molecule has 58 heavy (non-hydrogen) atoms. The number of halogens is 3. The van der Waals surface area contributed by atoms with Crippen LogP contribution in [-0.2, 0) is 6.18 Å². The Morgan fingerprint density at radius 3 is 1.52 bits per heavy atom. The first-order valence-corrected chi connectivity index (χ1v) is 18.5. The number of rotatable bonds is 5. The zero-order chi connectivity index (χ0) is 39.5. The second-order valence-corrected chi connectivity index (χ2v) is 14.2. The molecular formula is C50H28F3N5. The van der Waals surface area contributed by atoms with E-state index in [1.165, 1.54) is 6.07 Å². The van der Waals surface area contributed by atoms with Crippen molar-refractivity contribution in [1.82, 2.24) is 14.1 Å². The third kappa shape index (κ3) is 5.58. The van der Waals surface area contributed by atoms with Crippen LogP contribution in [0.4, 0.5) is 13.2 Å². The molecule has 3 heterocycles. The molecule has 0 amide bonds. The van der Waals surface area contributed by atoms with Gasteiger partial charge < -0.3 is 9.13 Å². The van der Waals surface area contributed by atoms with Crippen LogP contribution in [-0.4, -0.2) is 14.1 Å². The highest BCUT2D eigenvalue weighted by Crippen LogP contribution is 2.43. The van der Waals surface area contributed by atoms with Gasteiger partial charge in [-0.25, -0.2) is 0 Å². The van der Waals surface area contributed by atoms with Gasteiger partial charge in [0.15, 0.2) is 0 Å². The van der Waals surface area contributed by atoms with Crippen LogP contribution in [0, 0.1) is 22.7 Å². The average Bonchev–Trinajstić information content (AvgIpc) is 3.78. The van der Waals surface area contributed by atoms with Crippen molar-refractivity contribution in [2.45, 2.75) is 6.18 Å². The minimum atomic E-state index is -4.60. The van der Waals surface area contributed by atoms with E-state index in [-0.39, 0.29) is 0 Å². The fraction of sp³-hybridized carbons (Fsp3) is 0.0200. The Bertz CT molecular complexity index is 3370. The third-order valence-corrected chi connectivity index (χ3v) is 10.9. The number of fused-ring (bicyclic) bond motifs is 6. The van der Waals surface area contributed by atoms with Gasteiger partial charge >= 0.3 is 6.18 Å². The summed E-state index contributed by atoms with van der Waals surface area (Å²) in [6.45, 7) is 0. The van der Waals surface area contributed by atoms with Crippen molar-refractivity contribution >= 4 is 43.6 Å². The summed E-state index contributed by atoms with van der Waals surface area (Å²) in [5, 5.41) is 22.9. The summed E-state index contributed by atoms with van der Waals surface area (Å²) in [7, 11) is 0. The van der Waals surface area contributed by atoms with Crippen LogP contribution in [0.15, 0.2) is 170 Å². The lowest BCUT2D eigenvalue weighted by molar-refractivity contribution is -0.137. The normalized spacial score (nSPS) is 11.7. The average molecular weight is 756 g/mol. The molecule has 0 aliphatic heterocycles. The highest BCUT2D eigenvalue weighted by molar-refractivity contribution is 6.12. The van der Waals surface area contributed by atoms with E-state index < -0.39 is 11.7 Å². The van der Waals surface area contributed by atoms with Crippen molar-refractivity contribution in [1.29, 1.82) is 10.5 Å². The zero-order valence-electron chi connectivity index (χ0n) is 30.5. The second-order valence-electron chi connectivity index (χ2n) is 14.2. The summed E-state index contributed by atoms with van der Waals surface area (Å²) in [5.41, 5.74) is 9.62. The standard InChI is InChI=1S/C50H28F3N5/c51-50(52,53)37-17-18-40(49(27-37)58-45-14-4-2-12-39(45)42-26-36(16-20-47(42)58)34-10-6-8-32(24-34)29-55)43-30-56-22-21-48(43)57-44-13-3-1-11-38(44)41-25-35(15-19-46(41)57)33-9-5-7-31(23-33)28-54/h1-27,30H. The molecule has 274 valence electrons. The van der Waals surface area contributed by atoms with E-state index in [1.807, 2.05) is 114 Å². The fourth-order valence-electron chi connectivity index (χ4n) is 8.27. The number of para-hydroxylation sites is 2. The number of pyridine rings is 1. The number of alkyl halides is 3. The van der Waals surface area contributed by atoms with Gasteiger partial charge in [0.1, 0.15) is 0 Å². The van der Waals surface area contributed by atoms with Gasteiger partial charge in [0.25, 0.3) is 0 Å². The number of aromatic nitrogens is 3. The van der Waals surface area contributed by atoms with Crippen LogP contribution in [0.1, 0.15) is 16.7 Å². The molecule has 0 bridgehead atoms. The van der Waals surface area contributed by atoms with Crippen LogP contribution in [0.3, 0.4) is 0 Å². The second kappa shape index (κ2) is 13.4. The topological polar surface area (TPSA) is 70.3 Å². The van der Waals surface area contributed by atoms with Crippen LogP contribution < -0.4 is 0 Å². The highest BCUT2D eigenvalue weighted by atomic mass is 19.4. The van der Waals surface area contributed by atoms with E-state index in [0.717, 1.165) is 77.6 Å². The fourth-order valence-corrected chi connectivity index (χ4v) is 8.27. The van der Waals surface area contributed by atoms with Crippen molar-refractivity contribution in [2.24, 2.45) is 0 Å². The molecule has 8 heteroatoms. The molecule has 0 aliphatic rings. The molecule has 0 N–H and O–H groups in total. The monoisotopic (exact) mass is 755 g/mol. The van der Waals surface area contributed by atoms with Gasteiger partial charge in [0.05, 0.1) is 62.3 Å². The highest BCUT2D eigenvalue weighted by Gasteiger charge is 2.32. The Morgan fingerprint density at radius 2 is 0.966 bits per heavy atom. The molecule has 0 radical (unpaired) electrons. The molecule has 0 saturated carbocycles. The van der Waals surface area contributed by atoms with E-state index in [4.69, 9.17) is 0 Å². The minimum absolute atomic E-state index is 0.356. The number of hydrogen-bond acceptors (Lipinski definition) is 3. The molecule has 0 unspecified atom stereocenters. The van der Waals surface area contributed by atoms with E-state index in [1.54, 1.807) is 30.6 Å². The number of nitrogens with zero attached hydrogens (tertiary/aromatic N) is 5. The molecule has 3 aromatic heterocycles. The van der Waals surface area contributed by atoms with Crippen molar-refractivity contribution in [2.75, 3.05) is 0 Å². The Labute approximate surface area is 330 Å². The Hall–Kier alpha value is -7.94. The molecule has 5 nitrogen and oxygen atoms in total. The minimum Gasteiger partial charge on any atom is -0.309 e. The Balaban J connectivity index is 1.23. The maximum atomic E-state index is 14.7. The van der Waals surface area contributed by atoms with Gasteiger partial charge in [0, 0.05) is 45.1 Å². The number of hydrogen-bond donors (Lipinski definition) is 0. The largest absolute Gasteiger partial charge is 0.416 e. The van der Waals surface area contributed by atoms with Crippen LogP contribution >= 0.6 is 0 Å². The lowest BCUT2D eigenvalue weighted by Gasteiger charge is -2.20. The molecule has 0 saturated heterocycles. The zero-order valence-corrected chi connectivity index (χ0v) is 30.5. The SMILES string of the molecule is N#Cc1cccc(-c2ccc3c(c2)c2ccccc2n3-c2ccncc2-c2ccc(C(F)(F)F)cc2-n2c3ccccc3c3cc(-c4cccc(C#N)c4)ccc32)c1. The molecule has 0 fully saturated rings. The maximum Gasteiger partial charge on any atom is 0.416 e. The van der Waals surface area contributed by atoms with Gasteiger partial charge in [-0.05, 0) is 101 Å². The van der Waals surface area contributed by atoms with Gasteiger partial charge in [-0.2, -0.15) is 23.7 Å². The Kier molecular flexibility index (Phi) is 7.96. The van der Waals surface area contributed by atoms with Crippen LogP contribution in [0.2, 0.25) is 0 Å². The predicted molar refractivity (Wildman–Crippen MR) is 224 cm³/mol. The van der Waals surface area contributed by atoms with Crippen molar-refractivity contribution < 1.29 is 13.2 Å². The van der Waals surface area contributed by atoms with Crippen LogP contribution in [0.5, 0.6) is 0 Å². The summed E-state index contributed by atoms with van der Waals surface area (Å²) < 4.78 is 48.0. The molecule has 7 aromatic carbocycles. The summed E-state index contributed by atoms with van der Waals surface area (Å²) in [6.07, 6.45) is -1.17. The molecule has 0 aliphatic carbocycles. The quantitative estimate of drug-likeness (QED) is 0.176. The summed E-state index contributed by atoms with van der Waals surface area (Å²) in [5.74, 6) is 0. The summed E-state index contributed by atoms with van der Waals surface area (Å²) in [6, 6.07) is 53.0. The van der Waals surface area contributed by atoms with E-state index in [2.05, 4.69) is 39.9 Å². The van der Waals surface area contributed by atoms with Crippen molar-refractivity contribution in [3.63, 3.8) is 0 Å². The summed E-state index contributed by atoms with van der Waals surface area (Å²) in [4.78, 5) is 4.55. The van der Waals surface area contributed by atoms with E-state index in [9.17, 15) is 23.7 Å². The number of nitriles is 2. The van der Waals surface area contributed by atoms with Crippen molar-refractivity contribution in [3.8, 4) is 56.9 Å². The van der Waals surface area contributed by atoms with Gasteiger partial charge in [0.2, 0.25) is 0 Å². The van der Waals surface area contributed by atoms with Crippen LogP contribution in [0.25, 0.3) is 88.4 Å². The summed E-state index contributed by atoms with van der Waals surface area (Å²) >= 11 is 0. The third-order valence-electron chi connectivity index (χ3n) is 10.9. The number of benzene rings is 7.